The number of carbonyl (C=O) groups is 1. The second-order valence-corrected chi connectivity index (χ2v) is 5.26. The summed E-state index contributed by atoms with van der Waals surface area (Å²) in [5.74, 6) is 1.15. The number of rotatable bonds is 4. The molecular formula is C15H22N2O2. The van der Waals surface area contributed by atoms with E-state index >= 15 is 0 Å². The van der Waals surface area contributed by atoms with Crippen LogP contribution < -0.4 is 15.8 Å². The molecule has 1 aliphatic carbocycles. The number of hydrogen-bond donors (Lipinski definition) is 2. The van der Waals surface area contributed by atoms with Crippen molar-refractivity contribution in [1.82, 2.24) is 5.32 Å². The van der Waals surface area contributed by atoms with Crippen LogP contribution in [-0.2, 0) is 0 Å². The third-order valence-corrected chi connectivity index (χ3v) is 3.96. The summed E-state index contributed by atoms with van der Waals surface area (Å²) in [5, 5.41) is 3.07. The largest absolute Gasteiger partial charge is 0.495 e. The molecule has 0 saturated heterocycles. The summed E-state index contributed by atoms with van der Waals surface area (Å²) in [5.41, 5.74) is 6.89. The molecule has 1 aromatic rings. The zero-order valence-electron chi connectivity index (χ0n) is 11.6. The van der Waals surface area contributed by atoms with Gasteiger partial charge in [-0.15, -0.1) is 0 Å². The Labute approximate surface area is 114 Å². The molecule has 1 atom stereocenters. The molecule has 19 heavy (non-hydrogen) atoms. The second-order valence-electron chi connectivity index (χ2n) is 5.26. The number of benzene rings is 1. The van der Waals surface area contributed by atoms with Crippen LogP contribution in [0, 0.1) is 5.92 Å². The predicted molar refractivity (Wildman–Crippen MR) is 76.3 cm³/mol. The maximum atomic E-state index is 12.2. The van der Waals surface area contributed by atoms with E-state index in [0.29, 0.717) is 22.9 Å². The third-order valence-electron chi connectivity index (χ3n) is 3.96. The van der Waals surface area contributed by atoms with E-state index in [4.69, 9.17) is 10.5 Å². The summed E-state index contributed by atoms with van der Waals surface area (Å²) in [7, 11) is 1.56. The number of hydrogen-bond acceptors (Lipinski definition) is 3. The quantitative estimate of drug-likeness (QED) is 0.820. The van der Waals surface area contributed by atoms with Crippen molar-refractivity contribution in [3.05, 3.63) is 23.8 Å². The maximum Gasteiger partial charge on any atom is 0.251 e. The van der Waals surface area contributed by atoms with Gasteiger partial charge < -0.3 is 15.8 Å². The first-order chi connectivity index (χ1) is 9.11. The van der Waals surface area contributed by atoms with Crippen LogP contribution in [0.3, 0.4) is 0 Å². The minimum atomic E-state index is -0.0613. The first-order valence-electron chi connectivity index (χ1n) is 6.86. The summed E-state index contributed by atoms with van der Waals surface area (Å²) in [6, 6.07) is 5.35. The molecule has 4 heteroatoms. The zero-order chi connectivity index (χ0) is 13.8. The summed E-state index contributed by atoms with van der Waals surface area (Å²) < 4.78 is 5.09. The minimum absolute atomic E-state index is 0.0613. The van der Waals surface area contributed by atoms with Gasteiger partial charge in [0.05, 0.1) is 12.8 Å². The van der Waals surface area contributed by atoms with E-state index in [9.17, 15) is 4.79 Å². The molecule has 0 aromatic heterocycles. The molecule has 1 unspecified atom stereocenters. The van der Waals surface area contributed by atoms with Gasteiger partial charge in [0.25, 0.3) is 5.91 Å². The first-order valence-corrected chi connectivity index (χ1v) is 6.86. The molecule has 1 amide bonds. The van der Waals surface area contributed by atoms with Crippen molar-refractivity contribution in [1.29, 1.82) is 0 Å². The van der Waals surface area contributed by atoms with Gasteiger partial charge in [-0.3, -0.25) is 4.79 Å². The lowest BCUT2D eigenvalue weighted by Crippen LogP contribution is -2.37. The van der Waals surface area contributed by atoms with Crippen LogP contribution in [0.2, 0.25) is 0 Å². The van der Waals surface area contributed by atoms with Crippen LogP contribution in [0.1, 0.15) is 43.0 Å². The van der Waals surface area contributed by atoms with E-state index in [1.54, 1.807) is 25.3 Å². The summed E-state index contributed by atoms with van der Waals surface area (Å²) in [4.78, 5) is 12.2. The lowest BCUT2D eigenvalue weighted by Gasteiger charge is -2.20. The van der Waals surface area contributed by atoms with Crippen LogP contribution in [0.25, 0.3) is 0 Å². The van der Waals surface area contributed by atoms with E-state index in [-0.39, 0.29) is 11.9 Å². The Morgan fingerprint density at radius 2 is 2.11 bits per heavy atom. The Morgan fingerprint density at radius 1 is 1.42 bits per heavy atom. The number of nitrogens with two attached hydrogens (primary N) is 1. The molecule has 0 aliphatic heterocycles. The third kappa shape index (κ3) is 3.19. The SMILES string of the molecule is COc1ccc(C(=O)NC(C)C2CCCC2)cc1N. The molecule has 4 nitrogen and oxygen atoms in total. The van der Waals surface area contributed by atoms with E-state index < -0.39 is 0 Å². The van der Waals surface area contributed by atoms with Gasteiger partial charge in [0.15, 0.2) is 0 Å². The Morgan fingerprint density at radius 3 is 2.68 bits per heavy atom. The average Bonchev–Trinajstić information content (AvgIpc) is 2.92. The van der Waals surface area contributed by atoms with Gasteiger partial charge in [0, 0.05) is 11.6 Å². The fraction of sp³-hybridized carbons (Fsp3) is 0.533. The highest BCUT2D eigenvalue weighted by Gasteiger charge is 2.23. The number of carbonyl (C=O) groups excluding carboxylic acids is 1. The number of methoxy groups -OCH3 is 1. The van der Waals surface area contributed by atoms with E-state index in [1.165, 1.54) is 25.7 Å². The van der Waals surface area contributed by atoms with Crippen LogP contribution in [0.5, 0.6) is 5.75 Å². The summed E-state index contributed by atoms with van der Waals surface area (Å²) in [6.45, 7) is 2.08. The molecule has 2 rings (SSSR count). The normalized spacial score (nSPS) is 17.2. The van der Waals surface area contributed by atoms with Gasteiger partial charge in [-0.1, -0.05) is 12.8 Å². The number of anilines is 1. The highest BCUT2D eigenvalue weighted by Crippen LogP contribution is 2.28. The van der Waals surface area contributed by atoms with E-state index in [0.717, 1.165) is 0 Å². The van der Waals surface area contributed by atoms with E-state index in [2.05, 4.69) is 12.2 Å². The van der Waals surface area contributed by atoms with Crippen LogP contribution in [0.15, 0.2) is 18.2 Å². The van der Waals surface area contributed by atoms with Crippen molar-refractivity contribution in [2.24, 2.45) is 5.92 Å². The van der Waals surface area contributed by atoms with Crippen molar-refractivity contribution in [3.63, 3.8) is 0 Å². The van der Waals surface area contributed by atoms with Crippen molar-refractivity contribution in [3.8, 4) is 5.75 Å². The Kier molecular flexibility index (Phi) is 4.30. The highest BCUT2D eigenvalue weighted by molar-refractivity contribution is 5.95. The van der Waals surface area contributed by atoms with Gasteiger partial charge in [-0.2, -0.15) is 0 Å². The molecule has 1 aromatic carbocycles. The first kappa shape index (κ1) is 13.7. The number of nitrogens with one attached hydrogen (secondary N) is 1. The molecule has 1 aliphatic rings. The zero-order valence-corrected chi connectivity index (χ0v) is 11.6. The number of amides is 1. The molecule has 0 spiro atoms. The van der Waals surface area contributed by atoms with Crippen molar-refractivity contribution in [2.45, 2.75) is 38.6 Å². The highest BCUT2D eigenvalue weighted by atomic mass is 16.5. The van der Waals surface area contributed by atoms with Crippen molar-refractivity contribution >= 4 is 11.6 Å². The topological polar surface area (TPSA) is 64.3 Å². The fourth-order valence-electron chi connectivity index (χ4n) is 2.74. The smallest absolute Gasteiger partial charge is 0.251 e. The molecule has 3 N–H and O–H groups in total. The minimum Gasteiger partial charge on any atom is -0.495 e. The molecule has 1 fully saturated rings. The average molecular weight is 262 g/mol. The molecule has 0 radical (unpaired) electrons. The number of ether oxygens (including phenoxy) is 1. The van der Waals surface area contributed by atoms with Crippen LogP contribution in [-0.4, -0.2) is 19.1 Å². The molecule has 0 bridgehead atoms. The van der Waals surface area contributed by atoms with Crippen LogP contribution >= 0.6 is 0 Å². The van der Waals surface area contributed by atoms with Gasteiger partial charge in [0.2, 0.25) is 0 Å². The standard InChI is InChI=1S/C15H22N2O2/c1-10(11-5-3-4-6-11)17-15(18)12-7-8-14(19-2)13(16)9-12/h7-11H,3-6,16H2,1-2H3,(H,17,18). The molecular weight excluding hydrogens is 240 g/mol. The molecule has 1 saturated carbocycles. The van der Waals surface area contributed by atoms with Gasteiger partial charge >= 0.3 is 0 Å². The summed E-state index contributed by atoms with van der Waals surface area (Å²) >= 11 is 0. The lowest BCUT2D eigenvalue weighted by atomic mass is 9.99. The predicted octanol–water partition coefficient (Wildman–Crippen LogP) is 2.59. The Bertz CT molecular complexity index is 453. The Balaban J connectivity index is 2.01. The van der Waals surface area contributed by atoms with Crippen LogP contribution in [0.4, 0.5) is 5.69 Å². The van der Waals surface area contributed by atoms with E-state index in [1.807, 2.05) is 0 Å². The van der Waals surface area contributed by atoms with Crippen molar-refractivity contribution < 1.29 is 9.53 Å². The maximum absolute atomic E-state index is 12.2. The monoisotopic (exact) mass is 262 g/mol. The molecule has 104 valence electrons. The fourth-order valence-corrected chi connectivity index (χ4v) is 2.74. The Hall–Kier alpha value is -1.71. The van der Waals surface area contributed by atoms with Gasteiger partial charge in [-0.25, -0.2) is 0 Å². The number of nitrogen functional groups attached to an aromatic ring is 1. The lowest BCUT2D eigenvalue weighted by molar-refractivity contribution is 0.0927. The van der Waals surface area contributed by atoms with Crippen molar-refractivity contribution in [2.75, 3.05) is 12.8 Å². The van der Waals surface area contributed by atoms with Gasteiger partial charge in [0.1, 0.15) is 5.75 Å². The summed E-state index contributed by atoms with van der Waals surface area (Å²) in [6.07, 6.45) is 4.99. The second kappa shape index (κ2) is 5.95. The molecule has 0 heterocycles. The van der Waals surface area contributed by atoms with Gasteiger partial charge in [-0.05, 0) is 43.9 Å².